The SMILES string of the molecule is CC[C@H]1[C@@H](O)[C@@H]2C(C[C@H](O)[C@]3(C)[C@@H]([C@H](C)C[C@H](C)CF)CC[C@@H]23)[C@@]2(C)CC[C@@H](O)C[C@@H]12. The summed E-state index contributed by atoms with van der Waals surface area (Å²) in [6, 6.07) is 0. The number of hydrogen-bond donors (Lipinski definition) is 3. The fraction of sp³-hybridized carbons (Fsp3) is 1.00. The van der Waals surface area contributed by atoms with Gasteiger partial charge < -0.3 is 15.3 Å². The largest absolute Gasteiger partial charge is 0.393 e. The van der Waals surface area contributed by atoms with E-state index >= 15 is 0 Å². The Morgan fingerprint density at radius 1 is 0.968 bits per heavy atom. The van der Waals surface area contributed by atoms with Crippen molar-refractivity contribution in [3.63, 3.8) is 0 Å². The van der Waals surface area contributed by atoms with Gasteiger partial charge in [-0.2, -0.15) is 0 Å². The summed E-state index contributed by atoms with van der Waals surface area (Å²) in [4.78, 5) is 0. The highest BCUT2D eigenvalue weighted by atomic mass is 19.1. The van der Waals surface area contributed by atoms with Gasteiger partial charge in [-0.1, -0.05) is 41.0 Å². The van der Waals surface area contributed by atoms with Crippen LogP contribution in [-0.4, -0.2) is 40.3 Å². The van der Waals surface area contributed by atoms with E-state index < -0.39 is 0 Å². The Balaban J connectivity index is 1.67. The minimum absolute atomic E-state index is 0.0733. The van der Waals surface area contributed by atoms with E-state index in [0.29, 0.717) is 29.6 Å². The highest BCUT2D eigenvalue weighted by Crippen LogP contribution is 2.69. The minimum atomic E-state index is -0.357. The molecule has 0 saturated heterocycles. The highest BCUT2D eigenvalue weighted by Gasteiger charge is 2.67. The van der Waals surface area contributed by atoms with Gasteiger partial charge in [0, 0.05) is 0 Å². The van der Waals surface area contributed by atoms with Crippen LogP contribution in [0.3, 0.4) is 0 Å². The molecule has 4 saturated carbocycles. The number of alkyl halides is 1. The van der Waals surface area contributed by atoms with Crippen molar-refractivity contribution < 1.29 is 19.7 Å². The molecule has 0 aromatic heterocycles. The van der Waals surface area contributed by atoms with Gasteiger partial charge in [0.15, 0.2) is 0 Å². The lowest BCUT2D eigenvalue weighted by Gasteiger charge is -2.65. The van der Waals surface area contributed by atoms with Crippen LogP contribution < -0.4 is 0 Å². The molecule has 4 aliphatic carbocycles. The molecular formula is C27H47FO3. The molecule has 0 aromatic carbocycles. The topological polar surface area (TPSA) is 60.7 Å². The zero-order valence-corrected chi connectivity index (χ0v) is 20.4. The van der Waals surface area contributed by atoms with E-state index in [-0.39, 0.29) is 53.6 Å². The predicted molar refractivity (Wildman–Crippen MR) is 122 cm³/mol. The summed E-state index contributed by atoms with van der Waals surface area (Å²) >= 11 is 0. The second-order valence-corrected chi connectivity index (χ2v) is 12.7. The van der Waals surface area contributed by atoms with Gasteiger partial charge in [0.25, 0.3) is 0 Å². The van der Waals surface area contributed by atoms with Gasteiger partial charge in [0.2, 0.25) is 0 Å². The first kappa shape index (κ1) is 24.0. The van der Waals surface area contributed by atoms with Gasteiger partial charge in [-0.15, -0.1) is 0 Å². The van der Waals surface area contributed by atoms with Crippen LogP contribution in [0.5, 0.6) is 0 Å². The Labute approximate surface area is 189 Å². The maximum Gasteiger partial charge on any atom is 0.0920 e. The zero-order valence-electron chi connectivity index (χ0n) is 20.4. The second kappa shape index (κ2) is 8.55. The lowest BCUT2D eigenvalue weighted by atomic mass is 9.41. The Hall–Kier alpha value is -0.190. The molecule has 4 heteroatoms. The maximum atomic E-state index is 13.2. The van der Waals surface area contributed by atoms with Crippen molar-refractivity contribution in [1.82, 2.24) is 0 Å². The van der Waals surface area contributed by atoms with Crippen LogP contribution in [0.15, 0.2) is 0 Å². The molecule has 13 atom stereocenters. The monoisotopic (exact) mass is 438 g/mol. The third-order valence-electron chi connectivity index (χ3n) is 11.3. The van der Waals surface area contributed by atoms with Crippen molar-refractivity contribution in [2.75, 3.05) is 6.67 Å². The quantitative estimate of drug-likeness (QED) is 0.552. The lowest BCUT2D eigenvalue weighted by Crippen LogP contribution is -2.65. The fourth-order valence-electron chi connectivity index (χ4n) is 9.75. The van der Waals surface area contributed by atoms with Crippen molar-refractivity contribution in [2.24, 2.45) is 58.2 Å². The average Bonchev–Trinajstić information content (AvgIpc) is 3.09. The fourth-order valence-corrected chi connectivity index (χ4v) is 9.75. The van der Waals surface area contributed by atoms with Crippen LogP contribution >= 0.6 is 0 Å². The van der Waals surface area contributed by atoms with E-state index in [4.69, 9.17) is 0 Å². The summed E-state index contributed by atoms with van der Waals surface area (Å²) in [6.45, 7) is 10.9. The Bertz CT molecular complexity index is 642. The first-order valence-electron chi connectivity index (χ1n) is 13.2. The molecule has 4 aliphatic rings. The number of halogens is 1. The first-order chi connectivity index (χ1) is 14.6. The molecule has 180 valence electrons. The molecule has 0 amide bonds. The van der Waals surface area contributed by atoms with Gasteiger partial charge in [0.1, 0.15) is 0 Å². The van der Waals surface area contributed by atoms with Crippen molar-refractivity contribution in [3.05, 3.63) is 0 Å². The predicted octanol–water partition coefficient (Wildman–Crippen LogP) is 5.22. The van der Waals surface area contributed by atoms with Gasteiger partial charge >= 0.3 is 0 Å². The molecule has 0 aliphatic heterocycles. The summed E-state index contributed by atoms with van der Waals surface area (Å²) < 4.78 is 13.2. The van der Waals surface area contributed by atoms with Crippen molar-refractivity contribution in [1.29, 1.82) is 0 Å². The summed E-state index contributed by atoms with van der Waals surface area (Å²) in [5.41, 5.74) is -0.0914. The van der Waals surface area contributed by atoms with Crippen LogP contribution in [0.1, 0.15) is 86.0 Å². The van der Waals surface area contributed by atoms with E-state index in [2.05, 4.69) is 27.7 Å². The Kier molecular flexibility index (Phi) is 6.60. The third-order valence-corrected chi connectivity index (χ3v) is 11.3. The Morgan fingerprint density at radius 2 is 1.68 bits per heavy atom. The van der Waals surface area contributed by atoms with Gasteiger partial charge in [-0.05, 0) is 103 Å². The van der Waals surface area contributed by atoms with Crippen molar-refractivity contribution in [3.8, 4) is 0 Å². The van der Waals surface area contributed by atoms with E-state index in [0.717, 1.165) is 51.4 Å². The molecule has 0 spiro atoms. The molecule has 0 heterocycles. The summed E-state index contributed by atoms with van der Waals surface area (Å²) in [6.07, 6.45) is 6.48. The first-order valence-corrected chi connectivity index (χ1v) is 13.2. The molecular weight excluding hydrogens is 391 g/mol. The van der Waals surface area contributed by atoms with E-state index in [1.54, 1.807) is 0 Å². The number of rotatable bonds is 5. The van der Waals surface area contributed by atoms with Crippen LogP contribution in [0.25, 0.3) is 0 Å². The summed E-state index contributed by atoms with van der Waals surface area (Å²) in [5.74, 6) is 2.35. The van der Waals surface area contributed by atoms with Crippen LogP contribution in [0.4, 0.5) is 4.39 Å². The number of fused-ring (bicyclic) bond motifs is 5. The molecule has 31 heavy (non-hydrogen) atoms. The zero-order chi connectivity index (χ0) is 22.7. The molecule has 0 radical (unpaired) electrons. The third kappa shape index (κ3) is 3.53. The van der Waals surface area contributed by atoms with E-state index in [9.17, 15) is 19.7 Å². The molecule has 4 fully saturated rings. The molecule has 1 unspecified atom stereocenters. The van der Waals surface area contributed by atoms with Crippen molar-refractivity contribution in [2.45, 2.75) is 104 Å². The molecule has 0 aromatic rings. The lowest BCUT2D eigenvalue weighted by molar-refractivity contribution is -0.228. The van der Waals surface area contributed by atoms with Gasteiger partial charge in [0.05, 0.1) is 25.0 Å². The van der Waals surface area contributed by atoms with Gasteiger partial charge in [-0.3, -0.25) is 4.39 Å². The molecule has 3 nitrogen and oxygen atoms in total. The smallest absolute Gasteiger partial charge is 0.0920 e. The van der Waals surface area contributed by atoms with E-state index in [1.165, 1.54) is 0 Å². The standard InChI is InChI=1S/C27H47FO3/c1-6-18-21-12-17(29)9-10-26(21,4)22-13-23(30)27(5)19(16(3)11-15(2)14-28)7-8-20(27)24(22)25(18)31/h15-25,29-31H,6-14H2,1-5H3/t15-,16+,17+,18+,19+,20-,21-,22?,23-,24-,25+,26-,27+/m0/s1. The number of hydrogen-bond acceptors (Lipinski definition) is 3. The molecule has 3 N–H and O–H groups in total. The number of aliphatic hydroxyl groups excluding tert-OH is 3. The molecule has 0 bridgehead atoms. The van der Waals surface area contributed by atoms with Crippen LogP contribution in [0, 0.1) is 58.2 Å². The normalized spacial score (nSPS) is 53.9. The van der Waals surface area contributed by atoms with Crippen molar-refractivity contribution >= 4 is 0 Å². The number of aliphatic hydroxyl groups is 3. The minimum Gasteiger partial charge on any atom is -0.393 e. The van der Waals surface area contributed by atoms with Crippen LogP contribution in [0.2, 0.25) is 0 Å². The summed E-state index contributed by atoms with van der Waals surface area (Å²) in [5, 5.41) is 33.8. The second-order valence-electron chi connectivity index (χ2n) is 12.7. The Morgan fingerprint density at radius 3 is 2.32 bits per heavy atom. The highest BCUT2D eigenvalue weighted by molar-refractivity contribution is 5.15. The summed E-state index contributed by atoms with van der Waals surface area (Å²) in [7, 11) is 0. The van der Waals surface area contributed by atoms with Crippen LogP contribution in [-0.2, 0) is 0 Å². The average molecular weight is 439 g/mol. The van der Waals surface area contributed by atoms with Gasteiger partial charge in [-0.25, -0.2) is 0 Å². The molecule has 4 rings (SSSR count). The van der Waals surface area contributed by atoms with E-state index in [1.807, 2.05) is 6.92 Å². The maximum absolute atomic E-state index is 13.2.